The Kier molecular flexibility index (Phi) is 5.24. The maximum Gasteiger partial charge on any atom is 0.120 e. The summed E-state index contributed by atoms with van der Waals surface area (Å²) in [5.41, 5.74) is 3.71. The van der Waals surface area contributed by atoms with Crippen LogP contribution in [0.25, 0.3) is 0 Å². The van der Waals surface area contributed by atoms with Crippen LogP contribution in [0.1, 0.15) is 22.7 Å². The average molecular weight is 399 g/mol. The van der Waals surface area contributed by atoms with Crippen LogP contribution in [0.3, 0.4) is 0 Å². The van der Waals surface area contributed by atoms with Crippen molar-refractivity contribution >= 4 is 31.9 Å². The number of aryl methyl sites for hydroxylation is 1. The second-order valence-electron chi connectivity index (χ2n) is 4.61. The normalized spacial score (nSPS) is 12.2. The van der Waals surface area contributed by atoms with E-state index in [4.69, 9.17) is 4.74 Å². The van der Waals surface area contributed by atoms with E-state index >= 15 is 0 Å². The van der Waals surface area contributed by atoms with Crippen molar-refractivity contribution in [3.63, 3.8) is 0 Å². The topological polar surface area (TPSA) is 21.3 Å². The maximum absolute atomic E-state index is 5.25. The number of ether oxygens (including phenoxy) is 1. The first-order chi connectivity index (χ1) is 9.56. The summed E-state index contributed by atoms with van der Waals surface area (Å²) in [7, 11) is 3.65. The molecule has 0 amide bonds. The van der Waals surface area contributed by atoms with E-state index < -0.39 is 0 Å². The van der Waals surface area contributed by atoms with E-state index in [9.17, 15) is 0 Å². The van der Waals surface area contributed by atoms with Gasteiger partial charge in [0.1, 0.15) is 5.75 Å². The Hall–Kier alpha value is -0.840. The molecular formula is C16H17Br2NO. The van der Waals surface area contributed by atoms with Crippen molar-refractivity contribution in [2.45, 2.75) is 13.0 Å². The molecule has 0 aliphatic heterocycles. The smallest absolute Gasteiger partial charge is 0.120 e. The molecule has 0 bridgehead atoms. The summed E-state index contributed by atoms with van der Waals surface area (Å²) in [4.78, 5) is 0. The van der Waals surface area contributed by atoms with Crippen molar-refractivity contribution < 1.29 is 4.74 Å². The molecule has 0 aliphatic rings. The Morgan fingerprint density at radius 2 is 1.80 bits per heavy atom. The molecule has 2 aromatic rings. The Labute approximate surface area is 136 Å². The first-order valence-corrected chi connectivity index (χ1v) is 7.92. The summed E-state index contributed by atoms with van der Waals surface area (Å²) < 4.78 is 7.38. The van der Waals surface area contributed by atoms with Crippen LogP contribution in [0, 0.1) is 6.92 Å². The van der Waals surface area contributed by atoms with Crippen LogP contribution in [0.2, 0.25) is 0 Å². The van der Waals surface area contributed by atoms with Gasteiger partial charge in [-0.15, -0.1) is 0 Å². The van der Waals surface area contributed by atoms with Gasteiger partial charge in [-0.05, 0) is 54.9 Å². The third-order valence-corrected chi connectivity index (χ3v) is 4.54. The monoisotopic (exact) mass is 397 g/mol. The van der Waals surface area contributed by atoms with Crippen LogP contribution in [0.5, 0.6) is 5.75 Å². The molecule has 1 N–H and O–H groups in total. The Morgan fingerprint density at radius 3 is 2.40 bits per heavy atom. The molecule has 0 radical (unpaired) electrons. The first-order valence-electron chi connectivity index (χ1n) is 6.33. The molecule has 1 unspecified atom stereocenters. The van der Waals surface area contributed by atoms with Crippen LogP contribution in [0.4, 0.5) is 0 Å². The summed E-state index contributed by atoms with van der Waals surface area (Å²) in [6.07, 6.45) is 0. The molecule has 2 nitrogen and oxygen atoms in total. The molecule has 4 heteroatoms. The highest BCUT2D eigenvalue weighted by atomic mass is 79.9. The molecular weight excluding hydrogens is 382 g/mol. The minimum Gasteiger partial charge on any atom is -0.497 e. The third kappa shape index (κ3) is 3.25. The summed E-state index contributed by atoms with van der Waals surface area (Å²) in [6, 6.07) is 12.5. The van der Waals surface area contributed by atoms with Crippen LogP contribution in [-0.2, 0) is 0 Å². The fourth-order valence-electron chi connectivity index (χ4n) is 2.27. The lowest BCUT2D eigenvalue weighted by Crippen LogP contribution is -2.19. The van der Waals surface area contributed by atoms with Gasteiger partial charge in [-0.25, -0.2) is 0 Å². The zero-order chi connectivity index (χ0) is 14.7. The summed E-state index contributed by atoms with van der Waals surface area (Å²) >= 11 is 7.19. The van der Waals surface area contributed by atoms with Crippen molar-refractivity contribution in [3.8, 4) is 5.75 Å². The molecule has 2 rings (SSSR count). The van der Waals surface area contributed by atoms with E-state index in [2.05, 4.69) is 68.4 Å². The number of nitrogens with one attached hydrogen (secondary N) is 1. The van der Waals surface area contributed by atoms with Gasteiger partial charge in [0.05, 0.1) is 13.2 Å². The van der Waals surface area contributed by atoms with E-state index in [1.54, 1.807) is 7.11 Å². The quantitative estimate of drug-likeness (QED) is 0.795. The SMILES string of the molecule is CNC(c1cc(Br)ccc1C)c1ccc(OC)cc1Br. The molecule has 2 aromatic carbocycles. The van der Waals surface area contributed by atoms with E-state index in [0.29, 0.717) is 0 Å². The van der Waals surface area contributed by atoms with Gasteiger partial charge < -0.3 is 10.1 Å². The van der Waals surface area contributed by atoms with E-state index in [0.717, 1.165) is 14.7 Å². The highest BCUT2D eigenvalue weighted by Gasteiger charge is 2.17. The van der Waals surface area contributed by atoms with Crippen molar-refractivity contribution in [1.82, 2.24) is 5.32 Å². The second-order valence-corrected chi connectivity index (χ2v) is 6.38. The molecule has 0 spiro atoms. The number of hydrogen-bond acceptors (Lipinski definition) is 2. The summed E-state index contributed by atoms with van der Waals surface area (Å²) in [5, 5.41) is 3.39. The van der Waals surface area contributed by atoms with Crippen molar-refractivity contribution in [3.05, 3.63) is 62.0 Å². The van der Waals surface area contributed by atoms with E-state index in [1.165, 1.54) is 16.7 Å². The lowest BCUT2D eigenvalue weighted by Gasteiger charge is -2.21. The Morgan fingerprint density at radius 1 is 1.05 bits per heavy atom. The third-order valence-electron chi connectivity index (χ3n) is 3.36. The van der Waals surface area contributed by atoms with E-state index in [-0.39, 0.29) is 6.04 Å². The molecule has 1 atom stereocenters. The largest absolute Gasteiger partial charge is 0.497 e. The number of hydrogen-bond donors (Lipinski definition) is 1. The van der Waals surface area contributed by atoms with Crippen molar-refractivity contribution in [2.24, 2.45) is 0 Å². The zero-order valence-corrected chi connectivity index (χ0v) is 14.9. The molecule has 0 aromatic heterocycles. The van der Waals surface area contributed by atoms with Crippen LogP contribution in [0.15, 0.2) is 45.3 Å². The highest BCUT2D eigenvalue weighted by molar-refractivity contribution is 9.10. The molecule has 0 aliphatic carbocycles. The van der Waals surface area contributed by atoms with Crippen LogP contribution >= 0.6 is 31.9 Å². The summed E-state index contributed by atoms with van der Waals surface area (Å²) in [5.74, 6) is 0.849. The van der Waals surface area contributed by atoms with Gasteiger partial charge in [-0.3, -0.25) is 0 Å². The van der Waals surface area contributed by atoms with Crippen molar-refractivity contribution in [1.29, 1.82) is 0 Å². The van der Waals surface area contributed by atoms with E-state index in [1.807, 2.05) is 19.2 Å². The second kappa shape index (κ2) is 6.74. The van der Waals surface area contributed by atoms with Crippen LogP contribution in [-0.4, -0.2) is 14.2 Å². The molecule has 106 valence electrons. The number of methoxy groups -OCH3 is 1. The maximum atomic E-state index is 5.25. The predicted molar refractivity (Wildman–Crippen MR) is 90.5 cm³/mol. The Balaban J connectivity index is 2.49. The lowest BCUT2D eigenvalue weighted by molar-refractivity contribution is 0.414. The van der Waals surface area contributed by atoms with Gasteiger partial charge in [0.25, 0.3) is 0 Å². The van der Waals surface area contributed by atoms with Crippen molar-refractivity contribution in [2.75, 3.05) is 14.2 Å². The van der Waals surface area contributed by atoms with Gasteiger partial charge in [-0.1, -0.05) is 44.0 Å². The number of benzene rings is 2. The molecule has 20 heavy (non-hydrogen) atoms. The minimum absolute atomic E-state index is 0.132. The molecule has 0 fully saturated rings. The number of rotatable bonds is 4. The van der Waals surface area contributed by atoms with Gasteiger partial charge in [0.2, 0.25) is 0 Å². The zero-order valence-electron chi connectivity index (χ0n) is 11.7. The predicted octanol–water partition coefficient (Wildman–Crippen LogP) is 4.84. The van der Waals surface area contributed by atoms with Gasteiger partial charge in [0.15, 0.2) is 0 Å². The van der Waals surface area contributed by atoms with Gasteiger partial charge in [-0.2, -0.15) is 0 Å². The minimum atomic E-state index is 0.132. The fraction of sp³-hybridized carbons (Fsp3) is 0.250. The average Bonchev–Trinajstić information content (AvgIpc) is 2.44. The number of halogens is 2. The molecule has 0 saturated carbocycles. The first kappa shape index (κ1) is 15.5. The molecule has 0 saturated heterocycles. The van der Waals surface area contributed by atoms with Gasteiger partial charge >= 0.3 is 0 Å². The summed E-state index contributed by atoms with van der Waals surface area (Å²) in [6.45, 7) is 2.13. The highest BCUT2D eigenvalue weighted by Crippen LogP contribution is 2.33. The lowest BCUT2D eigenvalue weighted by atomic mass is 9.95. The van der Waals surface area contributed by atoms with Gasteiger partial charge in [0, 0.05) is 8.95 Å². The standard InChI is InChI=1S/C16H17Br2NO/c1-10-4-5-11(17)8-14(10)16(19-2)13-7-6-12(20-3)9-15(13)18/h4-9,16,19H,1-3H3. The fourth-order valence-corrected chi connectivity index (χ4v) is 3.24. The van der Waals surface area contributed by atoms with Crippen LogP contribution < -0.4 is 10.1 Å². The molecule has 0 heterocycles. The Bertz CT molecular complexity index is 613.